The first-order chi connectivity index (χ1) is 9.67. The first-order valence-corrected chi connectivity index (χ1v) is 7.63. The van der Waals surface area contributed by atoms with Crippen molar-refractivity contribution < 1.29 is 0 Å². The number of piperazine rings is 1. The molecule has 20 heavy (non-hydrogen) atoms. The van der Waals surface area contributed by atoms with Crippen LogP contribution in [0.5, 0.6) is 0 Å². The van der Waals surface area contributed by atoms with E-state index in [0.717, 1.165) is 45.0 Å². The monoisotopic (exact) mass is 292 g/mol. The largest absolute Gasteiger partial charge is 0.363 e. The highest BCUT2D eigenvalue weighted by Gasteiger charge is 2.13. The van der Waals surface area contributed by atoms with Crippen molar-refractivity contribution in [2.45, 2.75) is 13.5 Å². The molecule has 1 aromatic carbocycles. The van der Waals surface area contributed by atoms with Crippen molar-refractivity contribution in [3.8, 4) is 0 Å². The third-order valence-corrected chi connectivity index (χ3v) is 3.80. The van der Waals surface area contributed by atoms with Gasteiger partial charge in [-0.15, -0.1) is 0 Å². The minimum absolute atomic E-state index is 0.680. The third kappa shape index (κ3) is 4.74. The van der Waals surface area contributed by atoms with Gasteiger partial charge in [-0.2, -0.15) is 0 Å². The zero-order chi connectivity index (χ0) is 14.4. The average molecular weight is 292 g/mol. The molecule has 0 radical (unpaired) electrons. The molecule has 1 aromatic rings. The molecule has 0 spiro atoms. The lowest BCUT2D eigenvalue weighted by Gasteiger charge is -2.32. The zero-order valence-corrected chi connectivity index (χ0v) is 13.2. The zero-order valence-electron chi connectivity index (χ0n) is 12.4. The molecular formula is C15H24N4S. The Morgan fingerprint density at radius 2 is 1.80 bits per heavy atom. The molecule has 1 fully saturated rings. The van der Waals surface area contributed by atoms with E-state index in [1.165, 1.54) is 5.56 Å². The molecule has 1 heterocycles. The fourth-order valence-electron chi connectivity index (χ4n) is 2.29. The lowest BCUT2D eigenvalue weighted by atomic mass is 10.2. The summed E-state index contributed by atoms with van der Waals surface area (Å²) in [6.45, 7) is 8.54. The Morgan fingerprint density at radius 3 is 2.40 bits per heavy atom. The van der Waals surface area contributed by atoms with Crippen LogP contribution in [0.2, 0.25) is 0 Å². The van der Waals surface area contributed by atoms with Crippen LogP contribution in [-0.2, 0) is 6.54 Å². The number of likely N-dealkylation sites (N-methyl/N-ethyl adjacent to an activating group) is 1. The molecule has 0 bridgehead atoms. The second-order valence-electron chi connectivity index (χ2n) is 5.26. The average Bonchev–Trinajstić information content (AvgIpc) is 2.44. The highest BCUT2D eigenvalue weighted by atomic mass is 32.1. The maximum absolute atomic E-state index is 5.17. The van der Waals surface area contributed by atoms with Crippen molar-refractivity contribution >= 4 is 23.0 Å². The standard InChI is InChI=1S/C15H24N4S/c1-3-16-15(20)17-14-6-4-13(5-7-14)12-19-10-8-18(2)9-11-19/h4-7H,3,8-12H2,1-2H3,(H2,16,17,20). The van der Waals surface area contributed by atoms with E-state index in [1.807, 2.05) is 6.92 Å². The predicted molar refractivity (Wildman–Crippen MR) is 89.1 cm³/mol. The van der Waals surface area contributed by atoms with E-state index in [0.29, 0.717) is 5.11 Å². The Morgan fingerprint density at radius 1 is 1.15 bits per heavy atom. The van der Waals surface area contributed by atoms with Crippen molar-refractivity contribution in [3.05, 3.63) is 29.8 Å². The summed E-state index contributed by atoms with van der Waals surface area (Å²) in [6.07, 6.45) is 0. The molecule has 0 amide bonds. The highest BCUT2D eigenvalue weighted by Crippen LogP contribution is 2.12. The number of nitrogens with one attached hydrogen (secondary N) is 2. The lowest BCUT2D eigenvalue weighted by molar-refractivity contribution is 0.148. The van der Waals surface area contributed by atoms with Crippen molar-refractivity contribution in [2.24, 2.45) is 0 Å². The van der Waals surface area contributed by atoms with Gasteiger partial charge in [0, 0.05) is 45.0 Å². The van der Waals surface area contributed by atoms with Crippen LogP contribution >= 0.6 is 12.2 Å². The van der Waals surface area contributed by atoms with Gasteiger partial charge in [-0.3, -0.25) is 4.90 Å². The maximum Gasteiger partial charge on any atom is 0.170 e. The van der Waals surface area contributed by atoms with Crippen molar-refractivity contribution in [1.82, 2.24) is 15.1 Å². The second kappa shape index (κ2) is 7.57. The number of rotatable bonds is 4. The minimum atomic E-state index is 0.680. The Balaban J connectivity index is 1.83. The minimum Gasteiger partial charge on any atom is -0.363 e. The molecule has 1 aliphatic rings. The summed E-state index contributed by atoms with van der Waals surface area (Å²) in [5.74, 6) is 0. The van der Waals surface area contributed by atoms with Gasteiger partial charge >= 0.3 is 0 Å². The van der Waals surface area contributed by atoms with E-state index in [4.69, 9.17) is 12.2 Å². The van der Waals surface area contributed by atoms with E-state index in [2.05, 4.69) is 51.7 Å². The Bertz CT molecular complexity index is 424. The molecule has 0 aliphatic carbocycles. The molecule has 0 atom stereocenters. The molecule has 4 nitrogen and oxygen atoms in total. The van der Waals surface area contributed by atoms with Crippen LogP contribution in [0.3, 0.4) is 0 Å². The fraction of sp³-hybridized carbons (Fsp3) is 0.533. The van der Waals surface area contributed by atoms with E-state index in [9.17, 15) is 0 Å². The quantitative estimate of drug-likeness (QED) is 0.826. The highest BCUT2D eigenvalue weighted by molar-refractivity contribution is 7.80. The lowest BCUT2D eigenvalue weighted by Crippen LogP contribution is -2.43. The first-order valence-electron chi connectivity index (χ1n) is 7.22. The maximum atomic E-state index is 5.17. The van der Waals surface area contributed by atoms with E-state index in [-0.39, 0.29) is 0 Å². The molecule has 0 aromatic heterocycles. The number of hydrogen-bond donors (Lipinski definition) is 2. The molecular weight excluding hydrogens is 268 g/mol. The summed E-state index contributed by atoms with van der Waals surface area (Å²) < 4.78 is 0. The number of hydrogen-bond acceptors (Lipinski definition) is 3. The van der Waals surface area contributed by atoms with Gasteiger partial charge < -0.3 is 15.5 Å². The van der Waals surface area contributed by atoms with Crippen LogP contribution in [0, 0.1) is 0 Å². The summed E-state index contributed by atoms with van der Waals surface area (Å²) in [5, 5.41) is 6.95. The van der Waals surface area contributed by atoms with Gasteiger partial charge in [-0.05, 0) is 43.9 Å². The fourth-order valence-corrected chi connectivity index (χ4v) is 2.56. The molecule has 1 aliphatic heterocycles. The van der Waals surface area contributed by atoms with E-state index < -0.39 is 0 Å². The number of benzene rings is 1. The van der Waals surface area contributed by atoms with Gasteiger partial charge in [0.15, 0.2) is 5.11 Å². The molecule has 110 valence electrons. The number of anilines is 1. The first kappa shape index (κ1) is 15.2. The van der Waals surface area contributed by atoms with Gasteiger partial charge in [-0.1, -0.05) is 12.1 Å². The summed E-state index contributed by atoms with van der Waals surface area (Å²) in [6, 6.07) is 8.54. The Labute approximate surface area is 127 Å². The van der Waals surface area contributed by atoms with Crippen molar-refractivity contribution in [1.29, 1.82) is 0 Å². The van der Waals surface area contributed by atoms with Crippen LogP contribution in [0.1, 0.15) is 12.5 Å². The van der Waals surface area contributed by atoms with Gasteiger partial charge in [0.2, 0.25) is 0 Å². The molecule has 2 rings (SSSR count). The molecule has 0 saturated carbocycles. The number of thiocarbonyl (C=S) groups is 1. The normalized spacial score (nSPS) is 16.9. The van der Waals surface area contributed by atoms with Gasteiger partial charge in [0.1, 0.15) is 0 Å². The molecule has 2 N–H and O–H groups in total. The molecule has 5 heteroatoms. The third-order valence-electron chi connectivity index (χ3n) is 3.55. The van der Waals surface area contributed by atoms with Crippen molar-refractivity contribution in [2.75, 3.05) is 45.1 Å². The van der Waals surface area contributed by atoms with E-state index >= 15 is 0 Å². The molecule has 1 saturated heterocycles. The van der Waals surface area contributed by atoms with Gasteiger partial charge in [0.05, 0.1) is 0 Å². The van der Waals surface area contributed by atoms with E-state index in [1.54, 1.807) is 0 Å². The Kier molecular flexibility index (Phi) is 5.76. The van der Waals surface area contributed by atoms with Crippen LogP contribution in [0.4, 0.5) is 5.69 Å². The summed E-state index contributed by atoms with van der Waals surface area (Å²) in [4.78, 5) is 4.89. The second-order valence-corrected chi connectivity index (χ2v) is 5.67. The van der Waals surface area contributed by atoms with Crippen LogP contribution in [0.15, 0.2) is 24.3 Å². The molecule has 0 unspecified atom stereocenters. The predicted octanol–water partition coefficient (Wildman–Crippen LogP) is 1.74. The summed E-state index contributed by atoms with van der Waals surface area (Å²) >= 11 is 5.17. The van der Waals surface area contributed by atoms with Gasteiger partial charge in [0.25, 0.3) is 0 Å². The SMILES string of the molecule is CCNC(=S)Nc1ccc(CN2CCN(C)CC2)cc1. The van der Waals surface area contributed by atoms with Gasteiger partial charge in [-0.25, -0.2) is 0 Å². The van der Waals surface area contributed by atoms with Crippen LogP contribution in [0.25, 0.3) is 0 Å². The van der Waals surface area contributed by atoms with Crippen molar-refractivity contribution in [3.63, 3.8) is 0 Å². The van der Waals surface area contributed by atoms with Crippen LogP contribution in [-0.4, -0.2) is 54.7 Å². The summed E-state index contributed by atoms with van der Waals surface area (Å²) in [5.41, 5.74) is 2.40. The summed E-state index contributed by atoms with van der Waals surface area (Å²) in [7, 11) is 2.19. The number of nitrogens with zero attached hydrogens (tertiary/aromatic N) is 2. The Hall–Kier alpha value is -1.17. The van der Waals surface area contributed by atoms with Crippen LogP contribution < -0.4 is 10.6 Å². The topological polar surface area (TPSA) is 30.5 Å². The smallest absolute Gasteiger partial charge is 0.170 e.